The molecule has 0 aromatic carbocycles. The Bertz CT molecular complexity index is 517. The summed E-state index contributed by atoms with van der Waals surface area (Å²) in [5.41, 5.74) is 0. The Morgan fingerprint density at radius 2 is 1.89 bits per heavy atom. The molecule has 0 spiro atoms. The van der Waals surface area contributed by atoms with Crippen molar-refractivity contribution in [3.8, 4) is 0 Å². The fourth-order valence-electron chi connectivity index (χ4n) is 2.13. The first-order valence-electron chi connectivity index (χ1n) is 5.79. The molecule has 2 heterocycles. The lowest BCUT2D eigenvalue weighted by Gasteiger charge is -2.41. The molecule has 18 heavy (non-hydrogen) atoms. The van der Waals surface area contributed by atoms with E-state index in [1.165, 1.54) is 11.3 Å². The van der Waals surface area contributed by atoms with Gasteiger partial charge in [0.05, 0.1) is 0 Å². The van der Waals surface area contributed by atoms with Crippen LogP contribution < -0.4 is 0 Å². The van der Waals surface area contributed by atoms with Crippen LogP contribution in [0, 0.1) is 0 Å². The monoisotopic (exact) mass is 352 g/mol. The van der Waals surface area contributed by atoms with Gasteiger partial charge in [0.2, 0.25) is 0 Å². The maximum Gasteiger partial charge on any atom is 0.253 e. The van der Waals surface area contributed by atoms with E-state index in [-0.39, 0.29) is 12.1 Å². The fraction of sp³-hybridized carbons (Fsp3) is 0.636. The second-order valence-corrected chi connectivity index (χ2v) is 8.65. The molecule has 2 rings (SSSR count). The van der Waals surface area contributed by atoms with E-state index in [1.54, 1.807) is 15.8 Å². The molecule has 0 bridgehead atoms. The highest BCUT2D eigenvalue weighted by Gasteiger charge is 2.35. The number of nitrogens with zero attached hydrogens (tertiary/aromatic N) is 2. The molecule has 0 radical (unpaired) electrons. The highest BCUT2D eigenvalue weighted by molar-refractivity contribution is 9.10. The maximum absolute atomic E-state index is 12.6. The number of piperazine rings is 1. The van der Waals surface area contributed by atoms with Gasteiger partial charge in [-0.3, -0.25) is 4.90 Å². The zero-order valence-electron chi connectivity index (χ0n) is 10.6. The summed E-state index contributed by atoms with van der Waals surface area (Å²) >= 11 is 4.57. The molecule has 1 aliphatic rings. The molecular formula is C11H17BrN2O2S2. The highest BCUT2D eigenvalue weighted by Crippen LogP contribution is 2.31. The standard InChI is InChI=1S/C11H17BrN2O2S2/c1-8-6-14(7-9(2)13(8)3)18(15,16)11-10(12)4-5-17-11/h4-5,8-9H,6-7H2,1-3H3. The van der Waals surface area contributed by atoms with E-state index >= 15 is 0 Å². The molecule has 0 aliphatic carbocycles. The molecule has 2 unspecified atom stereocenters. The lowest BCUT2D eigenvalue weighted by atomic mass is 10.1. The Kier molecular flexibility index (Phi) is 4.18. The van der Waals surface area contributed by atoms with Crippen molar-refractivity contribution in [3.05, 3.63) is 15.9 Å². The third-order valence-electron chi connectivity index (χ3n) is 3.48. The van der Waals surface area contributed by atoms with Gasteiger partial charge in [0, 0.05) is 29.6 Å². The third-order valence-corrected chi connectivity index (χ3v) is 7.96. The van der Waals surface area contributed by atoms with Crippen molar-refractivity contribution in [3.63, 3.8) is 0 Å². The Labute approximate surface area is 121 Å². The van der Waals surface area contributed by atoms with E-state index in [1.807, 2.05) is 7.05 Å². The van der Waals surface area contributed by atoms with Gasteiger partial charge in [-0.05, 0) is 48.3 Å². The lowest BCUT2D eigenvalue weighted by molar-refractivity contribution is 0.105. The smallest absolute Gasteiger partial charge is 0.253 e. The number of thiophene rings is 1. The van der Waals surface area contributed by atoms with E-state index in [9.17, 15) is 8.42 Å². The Hall–Kier alpha value is 0.0500. The van der Waals surface area contributed by atoms with Gasteiger partial charge in [-0.2, -0.15) is 4.31 Å². The molecule has 1 aliphatic heterocycles. The molecule has 4 nitrogen and oxygen atoms in total. The average Bonchev–Trinajstić information content (AvgIpc) is 2.72. The fourth-order valence-corrected chi connectivity index (χ4v) is 6.19. The number of hydrogen-bond acceptors (Lipinski definition) is 4. The minimum Gasteiger partial charge on any atom is -0.298 e. The van der Waals surface area contributed by atoms with Crippen LogP contribution >= 0.6 is 27.3 Å². The molecule has 1 fully saturated rings. The second kappa shape index (κ2) is 5.20. The van der Waals surface area contributed by atoms with Crippen LogP contribution in [0.5, 0.6) is 0 Å². The van der Waals surface area contributed by atoms with E-state index in [0.717, 1.165) is 0 Å². The van der Waals surface area contributed by atoms with E-state index in [4.69, 9.17) is 0 Å². The summed E-state index contributed by atoms with van der Waals surface area (Å²) in [5, 5.41) is 1.79. The quantitative estimate of drug-likeness (QED) is 0.819. The number of halogens is 1. The second-order valence-electron chi connectivity index (χ2n) is 4.74. The highest BCUT2D eigenvalue weighted by atomic mass is 79.9. The van der Waals surface area contributed by atoms with E-state index < -0.39 is 10.0 Å². The zero-order valence-corrected chi connectivity index (χ0v) is 13.8. The average molecular weight is 353 g/mol. The van der Waals surface area contributed by atoms with Crippen molar-refractivity contribution in [1.29, 1.82) is 0 Å². The van der Waals surface area contributed by atoms with Gasteiger partial charge in [-0.1, -0.05) is 0 Å². The summed E-state index contributed by atoms with van der Waals surface area (Å²) in [4.78, 5) is 2.22. The summed E-state index contributed by atoms with van der Waals surface area (Å²) in [5.74, 6) is 0. The molecule has 2 atom stereocenters. The van der Waals surface area contributed by atoms with Crippen LogP contribution in [0.25, 0.3) is 0 Å². The molecule has 1 aromatic heterocycles. The first kappa shape index (κ1) is 14.5. The summed E-state index contributed by atoms with van der Waals surface area (Å²) in [7, 11) is -1.32. The third kappa shape index (κ3) is 2.51. The molecule has 0 saturated carbocycles. The largest absolute Gasteiger partial charge is 0.298 e. The minimum atomic E-state index is -3.36. The summed E-state index contributed by atoms with van der Waals surface area (Å²) in [6.07, 6.45) is 0. The van der Waals surface area contributed by atoms with Crippen molar-refractivity contribution in [2.45, 2.75) is 30.1 Å². The van der Waals surface area contributed by atoms with Crippen LogP contribution in [-0.4, -0.2) is 49.8 Å². The van der Waals surface area contributed by atoms with Crippen molar-refractivity contribution in [2.75, 3.05) is 20.1 Å². The van der Waals surface area contributed by atoms with Crippen molar-refractivity contribution >= 4 is 37.3 Å². The first-order chi connectivity index (χ1) is 8.34. The van der Waals surface area contributed by atoms with Crippen molar-refractivity contribution < 1.29 is 8.42 Å². The molecule has 102 valence electrons. The normalized spacial score (nSPS) is 27.6. The van der Waals surface area contributed by atoms with Gasteiger partial charge in [-0.15, -0.1) is 11.3 Å². The maximum atomic E-state index is 12.6. The van der Waals surface area contributed by atoms with Gasteiger partial charge in [0.25, 0.3) is 10.0 Å². The number of hydrogen-bond donors (Lipinski definition) is 0. The predicted octanol–water partition coefficient (Wildman–Crippen LogP) is 2.22. The number of rotatable bonds is 2. The van der Waals surface area contributed by atoms with E-state index in [2.05, 4.69) is 34.7 Å². The number of sulfonamides is 1. The van der Waals surface area contributed by atoms with Crippen molar-refractivity contribution in [1.82, 2.24) is 9.21 Å². The Morgan fingerprint density at radius 3 is 2.33 bits per heavy atom. The van der Waals surface area contributed by atoms with Gasteiger partial charge in [-0.25, -0.2) is 8.42 Å². The van der Waals surface area contributed by atoms with Crippen LogP contribution in [0.1, 0.15) is 13.8 Å². The Balaban J connectivity index is 2.30. The van der Waals surface area contributed by atoms with Crippen LogP contribution in [0.3, 0.4) is 0 Å². The van der Waals surface area contributed by atoms with Crippen LogP contribution in [-0.2, 0) is 10.0 Å². The van der Waals surface area contributed by atoms with Crippen LogP contribution in [0.2, 0.25) is 0 Å². The van der Waals surface area contributed by atoms with Gasteiger partial charge in [0.15, 0.2) is 0 Å². The molecule has 7 heteroatoms. The van der Waals surface area contributed by atoms with Crippen molar-refractivity contribution in [2.24, 2.45) is 0 Å². The van der Waals surface area contributed by atoms with Gasteiger partial charge < -0.3 is 0 Å². The van der Waals surface area contributed by atoms with Crippen LogP contribution in [0.15, 0.2) is 20.1 Å². The minimum absolute atomic E-state index is 0.238. The molecular weight excluding hydrogens is 336 g/mol. The molecule has 0 amide bonds. The van der Waals surface area contributed by atoms with Gasteiger partial charge >= 0.3 is 0 Å². The Morgan fingerprint density at radius 1 is 1.33 bits per heavy atom. The van der Waals surface area contributed by atoms with Gasteiger partial charge in [0.1, 0.15) is 4.21 Å². The van der Waals surface area contributed by atoms with Crippen LogP contribution in [0.4, 0.5) is 0 Å². The molecule has 0 N–H and O–H groups in total. The van der Waals surface area contributed by atoms with E-state index in [0.29, 0.717) is 21.8 Å². The summed E-state index contributed by atoms with van der Waals surface area (Å²) in [6, 6.07) is 2.25. The SMILES string of the molecule is CC1CN(S(=O)(=O)c2sccc2Br)CC(C)N1C. The number of likely N-dealkylation sites (N-methyl/N-ethyl adjacent to an activating group) is 1. The molecule has 1 saturated heterocycles. The topological polar surface area (TPSA) is 40.6 Å². The summed E-state index contributed by atoms with van der Waals surface area (Å²) < 4.78 is 27.8. The molecule has 1 aromatic rings. The lowest BCUT2D eigenvalue weighted by Crippen LogP contribution is -2.56. The first-order valence-corrected chi connectivity index (χ1v) is 8.90. The zero-order chi connectivity index (χ0) is 13.5. The predicted molar refractivity (Wildman–Crippen MR) is 77.5 cm³/mol. The summed E-state index contributed by atoms with van der Waals surface area (Å²) in [6.45, 7) is 5.21.